The van der Waals surface area contributed by atoms with Crippen LogP contribution in [0.4, 0.5) is 4.39 Å². The Labute approximate surface area is 131 Å². The van der Waals surface area contributed by atoms with E-state index in [-0.39, 0.29) is 14.8 Å². The SMILES string of the molecule is O=C(O)CN1C(=O)/C(=C/c2cc(Br)ccc2F)SC1=S. The number of hydrogen-bond acceptors (Lipinski definition) is 4. The fraction of sp³-hybridized carbons (Fsp3) is 0.0833. The Kier molecular flexibility index (Phi) is 4.56. The molecular formula is C12H7BrFNO3S2. The molecule has 0 bridgehead atoms. The van der Waals surface area contributed by atoms with Crippen LogP contribution in [0.15, 0.2) is 27.6 Å². The highest BCUT2D eigenvalue weighted by Gasteiger charge is 2.33. The highest BCUT2D eigenvalue weighted by molar-refractivity contribution is 9.10. The van der Waals surface area contributed by atoms with Gasteiger partial charge in [0.2, 0.25) is 0 Å². The number of aliphatic carboxylic acids is 1. The number of thioether (sulfide) groups is 1. The minimum atomic E-state index is -1.16. The van der Waals surface area contributed by atoms with Gasteiger partial charge in [-0.25, -0.2) is 4.39 Å². The highest BCUT2D eigenvalue weighted by Crippen LogP contribution is 2.33. The number of hydrogen-bond donors (Lipinski definition) is 1. The van der Waals surface area contributed by atoms with E-state index >= 15 is 0 Å². The van der Waals surface area contributed by atoms with Crippen molar-refractivity contribution >= 4 is 62.2 Å². The topological polar surface area (TPSA) is 57.6 Å². The van der Waals surface area contributed by atoms with Crippen molar-refractivity contribution in [1.82, 2.24) is 4.90 Å². The number of benzene rings is 1. The van der Waals surface area contributed by atoms with E-state index in [4.69, 9.17) is 17.3 Å². The minimum absolute atomic E-state index is 0.152. The van der Waals surface area contributed by atoms with Gasteiger partial charge in [-0.15, -0.1) is 0 Å². The van der Waals surface area contributed by atoms with E-state index in [2.05, 4.69) is 15.9 Å². The number of carboxylic acids is 1. The summed E-state index contributed by atoms with van der Waals surface area (Å²) < 4.78 is 14.5. The highest BCUT2D eigenvalue weighted by atomic mass is 79.9. The summed E-state index contributed by atoms with van der Waals surface area (Å²) in [5.74, 6) is -2.16. The van der Waals surface area contributed by atoms with E-state index < -0.39 is 24.2 Å². The molecule has 1 saturated heterocycles. The molecule has 8 heteroatoms. The molecule has 1 aromatic carbocycles. The second kappa shape index (κ2) is 6.02. The first kappa shape index (κ1) is 15.1. The fourth-order valence-electron chi connectivity index (χ4n) is 1.54. The van der Waals surface area contributed by atoms with Crippen molar-refractivity contribution in [1.29, 1.82) is 0 Å². The first-order valence-electron chi connectivity index (χ1n) is 5.30. The number of nitrogens with zero attached hydrogens (tertiary/aromatic N) is 1. The number of amides is 1. The number of carbonyl (C=O) groups is 2. The fourth-order valence-corrected chi connectivity index (χ4v) is 3.16. The lowest BCUT2D eigenvalue weighted by atomic mass is 10.2. The predicted octanol–water partition coefficient (Wildman–Crippen LogP) is 2.87. The van der Waals surface area contributed by atoms with Gasteiger partial charge in [-0.05, 0) is 24.3 Å². The lowest BCUT2D eigenvalue weighted by molar-refractivity contribution is -0.140. The Morgan fingerprint density at radius 3 is 2.90 bits per heavy atom. The molecule has 1 aromatic rings. The van der Waals surface area contributed by atoms with Crippen LogP contribution in [-0.4, -0.2) is 32.7 Å². The first-order valence-corrected chi connectivity index (χ1v) is 7.32. The summed E-state index contributed by atoms with van der Waals surface area (Å²) in [5.41, 5.74) is 0.232. The zero-order chi connectivity index (χ0) is 14.9. The molecular weight excluding hydrogens is 369 g/mol. The molecule has 1 aliphatic rings. The van der Waals surface area contributed by atoms with Crippen LogP contribution in [0.3, 0.4) is 0 Å². The molecule has 104 valence electrons. The van der Waals surface area contributed by atoms with Crippen molar-refractivity contribution in [3.8, 4) is 0 Å². The molecule has 0 atom stereocenters. The summed E-state index contributed by atoms with van der Waals surface area (Å²) in [7, 11) is 0. The van der Waals surface area contributed by atoms with Gasteiger partial charge in [0.1, 0.15) is 16.7 Å². The van der Waals surface area contributed by atoms with E-state index in [9.17, 15) is 14.0 Å². The van der Waals surface area contributed by atoms with Gasteiger partial charge in [0.05, 0.1) is 4.91 Å². The third-order valence-electron chi connectivity index (χ3n) is 2.41. The maximum absolute atomic E-state index is 13.6. The van der Waals surface area contributed by atoms with E-state index in [0.717, 1.165) is 16.7 Å². The molecule has 1 aliphatic heterocycles. The second-order valence-electron chi connectivity index (χ2n) is 3.83. The number of halogens is 2. The van der Waals surface area contributed by atoms with Gasteiger partial charge in [0.15, 0.2) is 0 Å². The Morgan fingerprint density at radius 2 is 2.25 bits per heavy atom. The van der Waals surface area contributed by atoms with Crippen LogP contribution in [-0.2, 0) is 9.59 Å². The van der Waals surface area contributed by atoms with Crippen molar-refractivity contribution in [2.45, 2.75) is 0 Å². The monoisotopic (exact) mass is 375 g/mol. The Hall–Kier alpha value is -1.25. The van der Waals surface area contributed by atoms with Crippen LogP contribution in [0.25, 0.3) is 6.08 Å². The summed E-state index contributed by atoms with van der Waals surface area (Å²) in [5, 5.41) is 8.72. The third-order valence-corrected chi connectivity index (χ3v) is 4.28. The second-order valence-corrected chi connectivity index (χ2v) is 6.42. The summed E-state index contributed by atoms with van der Waals surface area (Å²) in [6, 6.07) is 4.34. The van der Waals surface area contributed by atoms with Crippen LogP contribution in [0, 0.1) is 5.82 Å². The molecule has 2 rings (SSSR count). The smallest absolute Gasteiger partial charge is 0.323 e. The summed E-state index contributed by atoms with van der Waals surface area (Å²) in [6.45, 7) is -0.497. The number of carboxylic acid groups (broad SMARTS) is 1. The maximum atomic E-state index is 13.6. The lowest BCUT2D eigenvalue weighted by Gasteiger charge is -2.10. The number of thiocarbonyl (C=S) groups is 1. The predicted molar refractivity (Wildman–Crippen MR) is 81.6 cm³/mol. The number of carbonyl (C=O) groups excluding carboxylic acids is 1. The van der Waals surface area contributed by atoms with E-state index in [1.54, 1.807) is 6.07 Å². The largest absolute Gasteiger partial charge is 0.480 e. The van der Waals surface area contributed by atoms with E-state index in [1.165, 1.54) is 18.2 Å². The Balaban J connectivity index is 2.32. The average molecular weight is 376 g/mol. The third kappa shape index (κ3) is 3.25. The van der Waals surface area contributed by atoms with Crippen molar-refractivity contribution in [2.75, 3.05) is 6.54 Å². The van der Waals surface area contributed by atoms with Crippen LogP contribution in [0.1, 0.15) is 5.56 Å². The zero-order valence-electron chi connectivity index (χ0n) is 9.80. The van der Waals surface area contributed by atoms with Crippen molar-refractivity contribution in [2.24, 2.45) is 0 Å². The summed E-state index contributed by atoms with van der Waals surface area (Å²) >= 11 is 9.12. The van der Waals surface area contributed by atoms with Crippen LogP contribution >= 0.6 is 39.9 Å². The van der Waals surface area contributed by atoms with Gasteiger partial charge >= 0.3 is 5.97 Å². The van der Waals surface area contributed by atoms with Gasteiger partial charge in [-0.1, -0.05) is 39.9 Å². The van der Waals surface area contributed by atoms with Crippen LogP contribution in [0.2, 0.25) is 0 Å². The standard InChI is InChI=1S/C12H7BrFNO3S2/c13-7-1-2-8(14)6(3-7)4-9-11(18)15(5-10(16)17)12(19)20-9/h1-4H,5H2,(H,16,17)/b9-4-. The van der Waals surface area contributed by atoms with Crippen molar-refractivity contribution in [3.63, 3.8) is 0 Å². The molecule has 0 unspecified atom stereocenters. The Morgan fingerprint density at radius 1 is 1.55 bits per heavy atom. The summed E-state index contributed by atoms with van der Waals surface area (Å²) in [4.78, 5) is 23.8. The number of rotatable bonds is 3. The lowest BCUT2D eigenvalue weighted by Crippen LogP contribution is -2.33. The van der Waals surface area contributed by atoms with Crippen molar-refractivity contribution < 1.29 is 19.1 Å². The van der Waals surface area contributed by atoms with Crippen molar-refractivity contribution in [3.05, 3.63) is 39.0 Å². The minimum Gasteiger partial charge on any atom is -0.480 e. The molecule has 1 N–H and O–H groups in total. The van der Waals surface area contributed by atoms with Gasteiger partial charge < -0.3 is 5.11 Å². The van der Waals surface area contributed by atoms with Crippen LogP contribution < -0.4 is 0 Å². The average Bonchev–Trinajstić information content (AvgIpc) is 2.61. The molecule has 0 spiro atoms. The van der Waals surface area contributed by atoms with Gasteiger partial charge in [-0.2, -0.15) is 0 Å². The molecule has 0 aromatic heterocycles. The molecule has 1 heterocycles. The van der Waals surface area contributed by atoms with Crippen LogP contribution in [0.5, 0.6) is 0 Å². The van der Waals surface area contributed by atoms with E-state index in [0.29, 0.717) is 4.47 Å². The molecule has 0 saturated carbocycles. The summed E-state index contributed by atoms with van der Waals surface area (Å²) in [6.07, 6.45) is 1.36. The Bertz CT molecular complexity index is 648. The first-order chi connectivity index (χ1) is 9.38. The molecule has 0 aliphatic carbocycles. The molecule has 4 nitrogen and oxygen atoms in total. The molecule has 0 radical (unpaired) electrons. The van der Waals surface area contributed by atoms with Gasteiger partial charge in [0.25, 0.3) is 5.91 Å². The van der Waals surface area contributed by atoms with E-state index in [1.807, 2.05) is 0 Å². The van der Waals surface area contributed by atoms with Gasteiger partial charge in [0, 0.05) is 10.0 Å². The molecule has 1 amide bonds. The molecule has 20 heavy (non-hydrogen) atoms. The van der Waals surface area contributed by atoms with Gasteiger partial charge in [-0.3, -0.25) is 14.5 Å². The zero-order valence-corrected chi connectivity index (χ0v) is 13.0. The maximum Gasteiger partial charge on any atom is 0.323 e. The normalized spacial score (nSPS) is 17.1. The molecule has 1 fully saturated rings. The quantitative estimate of drug-likeness (QED) is 0.650.